The second-order valence-electron chi connectivity index (χ2n) is 14.7. The molecule has 11 nitrogen and oxygen atoms in total. The average molecular weight is 759 g/mol. The number of carbonyl (C=O) groups excluding carboxylic acids is 5. The van der Waals surface area contributed by atoms with Gasteiger partial charge in [-0.25, -0.2) is 0 Å². The first-order chi connectivity index (χ1) is 27.1. The molecule has 0 radical (unpaired) electrons. The van der Waals surface area contributed by atoms with Gasteiger partial charge < -0.3 is 25.0 Å². The smallest absolute Gasteiger partial charge is 0.263 e. The highest BCUT2D eigenvalue weighted by Gasteiger charge is 2.50. The van der Waals surface area contributed by atoms with Crippen LogP contribution in [0, 0.1) is 5.41 Å². The van der Waals surface area contributed by atoms with Crippen LogP contribution in [0.4, 0.5) is 5.69 Å². The summed E-state index contributed by atoms with van der Waals surface area (Å²) in [7, 11) is 1.59. The number of para-hydroxylation sites is 1. The highest BCUT2D eigenvalue weighted by atomic mass is 16.5. The predicted molar refractivity (Wildman–Crippen MR) is 213 cm³/mol. The number of methoxy groups -OCH3 is 1. The Morgan fingerprint density at radius 2 is 1.43 bits per heavy atom. The summed E-state index contributed by atoms with van der Waals surface area (Å²) in [5.41, 5.74) is 2.38. The molecule has 4 aromatic rings. The van der Waals surface area contributed by atoms with Crippen molar-refractivity contribution in [1.29, 1.82) is 0 Å². The van der Waals surface area contributed by atoms with Crippen molar-refractivity contribution in [3.8, 4) is 11.5 Å². The fourth-order valence-electron chi connectivity index (χ4n) is 7.87. The van der Waals surface area contributed by atoms with Gasteiger partial charge in [-0.2, -0.15) is 0 Å². The third-order valence-corrected chi connectivity index (χ3v) is 10.9. The van der Waals surface area contributed by atoms with Gasteiger partial charge in [0, 0.05) is 25.6 Å². The van der Waals surface area contributed by atoms with Gasteiger partial charge in [0.1, 0.15) is 23.7 Å². The normalized spacial score (nSPS) is 17.9. The summed E-state index contributed by atoms with van der Waals surface area (Å²) in [5, 5.41) is 5.85. The number of anilines is 1. The molecule has 6 rings (SSSR count). The van der Waals surface area contributed by atoms with E-state index >= 15 is 0 Å². The highest BCUT2D eigenvalue weighted by Crippen LogP contribution is 2.42. The molecule has 1 aliphatic heterocycles. The van der Waals surface area contributed by atoms with E-state index < -0.39 is 23.7 Å². The summed E-state index contributed by atoms with van der Waals surface area (Å²) < 4.78 is 11.3. The number of rotatable bonds is 16. The summed E-state index contributed by atoms with van der Waals surface area (Å²) >= 11 is 0. The van der Waals surface area contributed by atoms with E-state index in [1.807, 2.05) is 97.1 Å². The van der Waals surface area contributed by atoms with Gasteiger partial charge in [-0.15, -0.1) is 0 Å². The Balaban J connectivity index is 1.27. The lowest BCUT2D eigenvalue weighted by atomic mass is 9.81. The summed E-state index contributed by atoms with van der Waals surface area (Å²) in [6.45, 7) is 3.07. The second kappa shape index (κ2) is 18.1. The van der Waals surface area contributed by atoms with Gasteiger partial charge in [0.15, 0.2) is 12.4 Å². The molecule has 0 aromatic heterocycles. The van der Waals surface area contributed by atoms with Crippen LogP contribution in [0.3, 0.4) is 0 Å². The summed E-state index contributed by atoms with van der Waals surface area (Å²) in [6.07, 6.45) is 3.54. The molecule has 2 N–H and O–H groups in total. The highest BCUT2D eigenvalue weighted by molar-refractivity contribution is 6.04. The van der Waals surface area contributed by atoms with E-state index in [-0.39, 0.29) is 48.9 Å². The van der Waals surface area contributed by atoms with Gasteiger partial charge in [0.05, 0.1) is 18.6 Å². The van der Waals surface area contributed by atoms with Crippen LogP contribution < -0.4 is 25.0 Å². The maximum Gasteiger partial charge on any atom is 0.263 e. The van der Waals surface area contributed by atoms with Crippen LogP contribution in [0.2, 0.25) is 0 Å². The van der Waals surface area contributed by atoms with Gasteiger partial charge in [0.2, 0.25) is 11.8 Å². The van der Waals surface area contributed by atoms with Crippen LogP contribution in [-0.4, -0.2) is 66.7 Å². The molecular weight excluding hydrogens is 709 g/mol. The molecule has 0 bridgehead atoms. The van der Waals surface area contributed by atoms with Crippen molar-refractivity contribution in [2.75, 3.05) is 25.2 Å². The first-order valence-electron chi connectivity index (χ1n) is 19.2. The first kappa shape index (κ1) is 39.7. The Kier molecular flexibility index (Phi) is 12.8. The van der Waals surface area contributed by atoms with Crippen LogP contribution >= 0.6 is 0 Å². The quantitative estimate of drug-likeness (QED) is 0.144. The number of ether oxygens (including phenoxy) is 2. The number of hydrogen-bond donors (Lipinski definition) is 2. The number of hydrogen-bond acceptors (Lipinski definition) is 7. The van der Waals surface area contributed by atoms with Crippen molar-refractivity contribution in [3.05, 3.63) is 126 Å². The number of benzene rings is 4. The third-order valence-electron chi connectivity index (χ3n) is 10.9. The zero-order chi connectivity index (χ0) is 39.7. The molecule has 1 saturated carbocycles. The number of carbonyl (C=O) groups is 5. The molecule has 1 saturated heterocycles. The zero-order valence-electron chi connectivity index (χ0n) is 32.2. The van der Waals surface area contributed by atoms with Gasteiger partial charge in [-0.3, -0.25) is 28.9 Å². The molecule has 56 heavy (non-hydrogen) atoms. The van der Waals surface area contributed by atoms with Gasteiger partial charge in [0.25, 0.3) is 11.8 Å². The lowest BCUT2D eigenvalue weighted by Gasteiger charge is -2.32. The maximum atomic E-state index is 14.7. The molecule has 0 spiro atoms. The van der Waals surface area contributed by atoms with Crippen molar-refractivity contribution < 1.29 is 33.4 Å². The zero-order valence-corrected chi connectivity index (χ0v) is 32.2. The predicted octanol–water partition coefficient (Wildman–Crippen LogP) is 5.96. The van der Waals surface area contributed by atoms with E-state index in [0.29, 0.717) is 43.0 Å². The lowest BCUT2D eigenvalue weighted by Crippen LogP contribution is -2.49. The average Bonchev–Trinajstić information content (AvgIpc) is 3.81. The minimum atomic E-state index is -0.842. The number of nitrogens with zero attached hydrogens (tertiary/aromatic N) is 2. The largest absolute Gasteiger partial charge is 0.497 e. The molecule has 2 fully saturated rings. The van der Waals surface area contributed by atoms with Crippen molar-refractivity contribution >= 4 is 35.1 Å². The van der Waals surface area contributed by atoms with E-state index in [4.69, 9.17) is 9.47 Å². The number of ketones is 1. The SMILES string of the molecule is COc1ccc(CC2C(=O)N(c3ccc(CC(NC(=O)C4(CCNC(C)=O)CCCC4)C(C)=O)cc3)C(c3ccccc3)N2C(=O)COc2ccccc2)cc1. The summed E-state index contributed by atoms with van der Waals surface area (Å²) in [6, 6.07) is 31.8. The molecule has 4 amide bonds. The van der Waals surface area contributed by atoms with Crippen molar-refractivity contribution in [2.45, 2.75) is 77.0 Å². The fraction of sp³-hybridized carbons (Fsp3) is 0.356. The second-order valence-corrected chi connectivity index (χ2v) is 14.7. The van der Waals surface area contributed by atoms with Gasteiger partial charge >= 0.3 is 0 Å². The first-order valence-corrected chi connectivity index (χ1v) is 19.2. The Morgan fingerprint density at radius 3 is 2.04 bits per heavy atom. The molecule has 292 valence electrons. The Morgan fingerprint density at radius 1 is 0.804 bits per heavy atom. The lowest BCUT2D eigenvalue weighted by molar-refractivity contribution is -0.138. The molecule has 3 atom stereocenters. The van der Waals surface area contributed by atoms with Crippen molar-refractivity contribution in [1.82, 2.24) is 15.5 Å². The standard InChI is InChI=1S/C45H50N4O7/c1-31(50)39(47-44(54)45(24-10-11-25-45)26-27-46-32(2)51)28-33-16-20-36(21-17-33)48-42(35-12-6-4-7-13-35)49(41(52)30-56-38-14-8-5-9-15-38)40(43(48)53)29-34-18-22-37(55-3)23-19-34/h4-9,12-23,39-40,42H,10-11,24-30H2,1-3H3,(H,46,51)(H,47,54). The molecule has 3 unspecified atom stereocenters. The van der Waals surface area contributed by atoms with E-state index in [0.717, 1.165) is 29.5 Å². The van der Waals surface area contributed by atoms with Crippen LogP contribution in [0.25, 0.3) is 0 Å². The Bertz CT molecular complexity index is 1980. The molecule has 11 heteroatoms. The van der Waals surface area contributed by atoms with Gasteiger partial charge in [-0.05, 0) is 85.7 Å². The van der Waals surface area contributed by atoms with Crippen molar-refractivity contribution in [3.63, 3.8) is 0 Å². The summed E-state index contributed by atoms with van der Waals surface area (Å²) in [5.74, 6) is 0.185. The van der Waals surface area contributed by atoms with Gasteiger partial charge in [-0.1, -0.05) is 85.6 Å². The van der Waals surface area contributed by atoms with Crippen LogP contribution in [0.1, 0.15) is 68.8 Å². The van der Waals surface area contributed by atoms with Crippen LogP contribution in [0.15, 0.2) is 109 Å². The summed E-state index contributed by atoms with van der Waals surface area (Å²) in [4.78, 5) is 70.4. The fourth-order valence-corrected chi connectivity index (χ4v) is 7.87. The van der Waals surface area contributed by atoms with Crippen molar-refractivity contribution in [2.24, 2.45) is 5.41 Å². The third kappa shape index (κ3) is 9.27. The number of nitrogens with one attached hydrogen (secondary N) is 2. The Labute approximate surface area is 328 Å². The van der Waals surface area contributed by atoms with E-state index in [9.17, 15) is 24.0 Å². The van der Waals surface area contributed by atoms with E-state index in [1.165, 1.54) is 13.8 Å². The van der Waals surface area contributed by atoms with Crippen LogP contribution in [-0.2, 0) is 36.8 Å². The minimum absolute atomic E-state index is 0.140. The molecule has 1 aliphatic carbocycles. The van der Waals surface area contributed by atoms with E-state index in [1.54, 1.807) is 29.0 Å². The monoisotopic (exact) mass is 758 g/mol. The molecule has 1 heterocycles. The number of amides is 4. The molecule has 4 aromatic carbocycles. The number of Topliss-reactive ketones (excluding diaryl/α,β-unsaturated/α-hetero) is 1. The van der Waals surface area contributed by atoms with E-state index in [2.05, 4.69) is 10.6 Å². The topological polar surface area (TPSA) is 134 Å². The minimum Gasteiger partial charge on any atom is -0.497 e. The van der Waals surface area contributed by atoms with Crippen LogP contribution in [0.5, 0.6) is 11.5 Å². The maximum absolute atomic E-state index is 14.7. The molecule has 2 aliphatic rings. The Hall–Kier alpha value is -5.97. The molecular formula is C45H50N4O7.